The first-order valence-corrected chi connectivity index (χ1v) is 21.7. The number of ether oxygens (including phenoxy) is 3. The number of aliphatic imine (C=N–C) groups is 1. The van der Waals surface area contributed by atoms with Crippen molar-refractivity contribution in [2.45, 2.75) is 69.7 Å². The number of carbonyl (C=O) groups is 2. The topological polar surface area (TPSA) is 83.9 Å². The minimum atomic E-state index is -0.254. The van der Waals surface area contributed by atoms with Gasteiger partial charge >= 0.3 is 0 Å². The molecule has 0 fully saturated rings. The van der Waals surface area contributed by atoms with E-state index in [1.807, 2.05) is 83.6 Å². The van der Waals surface area contributed by atoms with Crippen molar-refractivity contribution in [2.75, 3.05) is 54.4 Å². The number of fused-ring (bicyclic) bond motifs is 8. The number of methoxy groups -OCH3 is 1. The van der Waals surface area contributed by atoms with Crippen molar-refractivity contribution in [1.82, 2.24) is 0 Å². The minimum absolute atomic E-state index is 0.0155. The molecule has 9 nitrogen and oxygen atoms in total. The van der Waals surface area contributed by atoms with Crippen LogP contribution in [0.5, 0.6) is 17.2 Å². The summed E-state index contributed by atoms with van der Waals surface area (Å²) < 4.78 is 18.3. The van der Waals surface area contributed by atoms with Crippen LogP contribution in [-0.2, 0) is 33.5 Å². The van der Waals surface area contributed by atoms with E-state index in [0.717, 1.165) is 67.0 Å². The van der Waals surface area contributed by atoms with Crippen LogP contribution in [0.1, 0.15) is 70.5 Å². The van der Waals surface area contributed by atoms with Crippen molar-refractivity contribution in [2.24, 2.45) is 4.99 Å². The molecule has 4 aliphatic rings. The molecule has 0 bridgehead atoms. The molecule has 2 amide bonds. The van der Waals surface area contributed by atoms with Gasteiger partial charge in [-0.3, -0.25) is 19.5 Å². The SMILES string of the molecule is COc1cc2c(cc1OCCCCCOc1cc3c(cc1C)C(=O)N1c4ccccc4C[C@H]1C=N3)N(CC(C)(C)S(C)=S)C[C@@H]1Cc3ccccc3N1C2=O. The molecular formula is C44H48N4O5S2. The van der Waals surface area contributed by atoms with Gasteiger partial charge in [-0.2, -0.15) is 0 Å². The van der Waals surface area contributed by atoms with Gasteiger partial charge < -0.3 is 24.0 Å². The van der Waals surface area contributed by atoms with Crippen molar-refractivity contribution in [3.63, 3.8) is 0 Å². The highest BCUT2D eigenvalue weighted by Gasteiger charge is 2.41. The molecule has 55 heavy (non-hydrogen) atoms. The monoisotopic (exact) mass is 776 g/mol. The van der Waals surface area contributed by atoms with Gasteiger partial charge in [0.05, 0.1) is 54.9 Å². The molecule has 4 aromatic carbocycles. The highest BCUT2D eigenvalue weighted by Crippen LogP contribution is 2.43. The molecule has 8 rings (SSSR count). The van der Waals surface area contributed by atoms with Gasteiger partial charge in [-0.15, -0.1) is 9.45 Å². The van der Waals surface area contributed by atoms with Crippen molar-refractivity contribution < 1.29 is 23.8 Å². The lowest BCUT2D eigenvalue weighted by Gasteiger charge is -2.35. The summed E-state index contributed by atoms with van der Waals surface area (Å²) in [6.45, 7) is 8.87. The van der Waals surface area contributed by atoms with E-state index < -0.39 is 0 Å². The number of nitrogens with zero attached hydrogens (tertiary/aromatic N) is 4. The van der Waals surface area contributed by atoms with Gasteiger partial charge in [-0.25, -0.2) is 0 Å². The van der Waals surface area contributed by atoms with E-state index >= 15 is 0 Å². The predicted octanol–water partition coefficient (Wildman–Crippen LogP) is 7.80. The Hall–Kier alpha value is -4.74. The number of hydrogen-bond donors (Lipinski definition) is 0. The molecule has 4 aromatic rings. The maximum Gasteiger partial charge on any atom is 0.261 e. The largest absolute Gasteiger partial charge is 0.493 e. The Bertz CT molecular complexity index is 2220. The van der Waals surface area contributed by atoms with Gasteiger partial charge in [0.1, 0.15) is 5.75 Å². The molecule has 0 N–H and O–H groups in total. The lowest BCUT2D eigenvalue weighted by Crippen LogP contribution is -2.47. The van der Waals surface area contributed by atoms with Crippen molar-refractivity contribution in [1.29, 1.82) is 0 Å². The minimum Gasteiger partial charge on any atom is -0.493 e. The van der Waals surface area contributed by atoms with Crippen LogP contribution in [0.15, 0.2) is 77.8 Å². The molecule has 0 aliphatic carbocycles. The number of rotatable bonds is 12. The van der Waals surface area contributed by atoms with Crippen LogP contribution < -0.4 is 28.9 Å². The fourth-order valence-corrected chi connectivity index (χ4v) is 8.76. The Morgan fingerprint density at radius 1 is 0.800 bits per heavy atom. The summed E-state index contributed by atoms with van der Waals surface area (Å²) in [6.07, 6.45) is 8.14. The number of unbranched alkanes of at least 4 members (excludes halogenated alkanes) is 2. The highest BCUT2D eigenvalue weighted by molar-refractivity contribution is 8.29. The third kappa shape index (κ3) is 7.01. The standard InChI is InChI=1S/C44H48N4O5S2/c1-28-19-33-35(45-25-31-20-29-13-7-9-15-36(29)47(31)42(33)49)23-39(28)52-17-11-6-12-18-53-41-24-38-34(22-40(41)51-4)43(50)48-32(21-30-14-8-10-16-37(30)48)26-46(38)27-44(2,3)55(5)54/h7-10,13-16,19,22-25,31-32H,6,11-12,17-18,20-21,26-27H2,1-5H3/t31-,32-,55?/m0/s1. The molecule has 286 valence electrons. The van der Waals surface area contributed by atoms with Gasteiger partial charge in [0.15, 0.2) is 11.5 Å². The average Bonchev–Trinajstić information content (AvgIpc) is 3.67. The number of benzene rings is 4. The first kappa shape index (κ1) is 37.2. The first-order valence-electron chi connectivity index (χ1n) is 19.1. The Kier molecular flexibility index (Phi) is 10.2. The molecule has 4 heterocycles. The maximum absolute atomic E-state index is 14.3. The predicted molar refractivity (Wildman–Crippen MR) is 226 cm³/mol. The highest BCUT2D eigenvalue weighted by atomic mass is 32.8. The van der Waals surface area contributed by atoms with E-state index in [1.54, 1.807) is 7.11 Å². The number of hydrogen-bond acceptors (Lipinski definition) is 8. The zero-order chi connectivity index (χ0) is 38.4. The van der Waals surface area contributed by atoms with E-state index in [0.29, 0.717) is 48.1 Å². The van der Waals surface area contributed by atoms with Gasteiger partial charge in [0, 0.05) is 54.0 Å². The molecular weight excluding hydrogens is 729 g/mol. The smallest absolute Gasteiger partial charge is 0.261 e. The van der Waals surface area contributed by atoms with Gasteiger partial charge in [-0.05, 0) is 93.7 Å². The fourth-order valence-electron chi connectivity index (χ4n) is 8.26. The summed E-state index contributed by atoms with van der Waals surface area (Å²) >= 11 is 5.80. The van der Waals surface area contributed by atoms with Crippen LogP contribution in [-0.4, -0.2) is 74.5 Å². The number of amides is 2. The molecule has 0 saturated heterocycles. The molecule has 1 unspecified atom stereocenters. The summed E-state index contributed by atoms with van der Waals surface area (Å²) in [5, 5.41) is 0. The lowest BCUT2D eigenvalue weighted by molar-refractivity contribution is 0.0977. The maximum atomic E-state index is 14.3. The summed E-state index contributed by atoms with van der Waals surface area (Å²) in [6, 6.07) is 23.9. The second-order valence-corrected chi connectivity index (χ2v) is 19.0. The normalized spacial score (nSPS) is 18.7. The van der Waals surface area contributed by atoms with E-state index in [1.165, 1.54) is 11.1 Å². The van der Waals surface area contributed by atoms with Gasteiger partial charge in [0.2, 0.25) is 0 Å². The molecule has 3 atom stereocenters. The van der Waals surface area contributed by atoms with Crippen molar-refractivity contribution in [3.8, 4) is 17.2 Å². The van der Waals surface area contributed by atoms with Gasteiger partial charge in [-0.1, -0.05) is 47.6 Å². The zero-order valence-corrected chi connectivity index (χ0v) is 33.8. The van der Waals surface area contributed by atoms with Crippen molar-refractivity contribution >= 4 is 61.4 Å². The average molecular weight is 777 g/mol. The second-order valence-electron chi connectivity index (χ2n) is 15.5. The van der Waals surface area contributed by atoms with Crippen LogP contribution in [0.25, 0.3) is 0 Å². The number of anilines is 3. The lowest BCUT2D eigenvalue weighted by atomic mass is 10.1. The quantitative estimate of drug-likeness (QED) is 0.136. The number of aryl methyl sites for hydroxylation is 1. The van der Waals surface area contributed by atoms with Crippen LogP contribution in [0, 0.1) is 6.92 Å². The third-order valence-electron chi connectivity index (χ3n) is 11.4. The van der Waals surface area contributed by atoms with E-state index in [-0.39, 0.29) is 38.1 Å². The first-order chi connectivity index (χ1) is 26.5. The number of para-hydroxylation sites is 2. The molecule has 0 radical (unpaired) electrons. The summed E-state index contributed by atoms with van der Waals surface area (Å²) in [4.78, 5) is 38.9. The molecule has 11 heteroatoms. The van der Waals surface area contributed by atoms with E-state index in [4.69, 9.17) is 30.4 Å². The van der Waals surface area contributed by atoms with Crippen molar-refractivity contribution in [3.05, 3.63) is 101 Å². The van der Waals surface area contributed by atoms with Crippen LogP contribution in [0.3, 0.4) is 0 Å². The summed E-state index contributed by atoms with van der Waals surface area (Å²) in [5.74, 6) is 1.88. The number of carbonyl (C=O) groups excluding carboxylic acids is 2. The molecule has 0 aromatic heterocycles. The Labute approximate surface area is 330 Å². The second kappa shape index (κ2) is 15.1. The Morgan fingerprint density at radius 3 is 2.16 bits per heavy atom. The Morgan fingerprint density at radius 2 is 1.45 bits per heavy atom. The third-order valence-corrected chi connectivity index (χ3v) is 14.4. The summed E-state index contributed by atoms with van der Waals surface area (Å²) in [7, 11) is 1.37. The summed E-state index contributed by atoms with van der Waals surface area (Å²) in [5.41, 5.74) is 7.96. The Balaban J connectivity index is 0.913. The molecule has 0 spiro atoms. The van der Waals surface area contributed by atoms with Crippen LogP contribution >= 0.6 is 0 Å². The van der Waals surface area contributed by atoms with Crippen LogP contribution in [0.4, 0.5) is 22.7 Å². The van der Waals surface area contributed by atoms with Crippen LogP contribution in [0.2, 0.25) is 0 Å². The molecule has 4 aliphatic heterocycles. The van der Waals surface area contributed by atoms with E-state index in [9.17, 15) is 9.59 Å². The zero-order valence-electron chi connectivity index (χ0n) is 32.2. The molecule has 0 saturated carbocycles. The van der Waals surface area contributed by atoms with Gasteiger partial charge in [0.25, 0.3) is 11.8 Å². The van der Waals surface area contributed by atoms with E-state index in [2.05, 4.69) is 37.1 Å². The fraction of sp³-hybridized carbons (Fsp3) is 0.386.